The van der Waals surface area contributed by atoms with Gasteiger partial charge < -0.3 is 15.6 Å². The lowest BCUT2D eigenvalue weighted by Gasteiger charge is -2.45. The highest BCUT2D eigenvalue weighted by Gasteiger charge is 2.38. The van der Waals surface area contributed by atoms with Crippen LogP contribution >= 0.6 is 0 Å². The summed E-state index contributed by atoms with van der Waals surface area (Å²) in [5, 5.41) is 10.5. The molecule has 128 valence electrons. The monoisotopic (exact) mass is 318 g/mol. The summed E-state index contributed by atoms with van der Waals surface area (Å²) in [5.74, 6) is 0.432. The molecule has 0 saturated carbocycles. The van der Waals surface area contributed by atoms with Gasteiger partial charge in [-0.25, -0.2) is 0 Å². The number of hydrogen-bond acceptors (Lipinski definition) is 4. The number of aryl methyl sites for hydroxylation is 1. The van der Waals surface area contributed by atoms with Gasteiger partial charge >= 0.3 is 0 Å². The van der Waals surface area contributed by atoms with Gasteiger partial charge in [-0.05, 0) is 51.3 Å². The molecule has 2 aliphatic heterocycles. The predicted octanol–water partition coefficient (Wildman–Crippen LogP) is 2.90. The SMILES string of the molecule is Cc1ccc2c(c1O)C[C@@H](C1CCCCN1C(C)C)O[C@H]2CN. The number of nitrogens with zero attached hydrogens (tertiary/aromatic N) is 1. The van der Waals surface area contributed by atoms with Gasteiger partial charge in [0.05, 0.1) is 12.2 Å². The quantitative estimate of drug-likeness (QED) is 0.900. The second-order valence-electron chi connectivity index (χ2n) is 7.30. The Bertz CT molecular complexity index is 559. The average molecular weight is 318 g/mol. The van der Waals surface area contributed by atoms with Gasteiger partial charge in [-0.2, -0.15) is 0 Å². The Morgan fingerprint density at radius 3 is 2.83 bits per heavy atom. The van der Waals surface area contributed by atoms with E-state index in [1.165, 1.54) is 19.3 Å². The first kappa shape index (κ1) is 16.7. The summed E-state index contributed by atoms with van der Waals surface area (Å²) < 4.78 is 6.40. The van der Waals surface area contributed by atoms with E-state index >= 15 is 0 Å². The standard InChI is InChI=1S/C19H30N2O2/c1-12(2)21-9-5-4-6-16(21)17-10-15-14(18(11-20)23-17)8-7-13(3)19(15)22/h7-8,12,16-18,22H,4-6,9-11,20H2,1-3H3/t16?,17-,18-/m0/s1. The number of phenolic OH excluding ortho intramolecular Hbond substituents is 1. The lowest BCUT2D eigenvalue weighted by molar-refractivity contribution is -0.0823. The summed E-state index contributed by atoms with van der Waals surface area (Å²) in [7, 11) is 0. The normalized spacial score (nSPS) is 28.8. The molecule has 1 fully saturated rings. The first-order chi connectivity index (χ1) is 11.0. The molecular formula is C19H30N2O2. The van der Waals surface area contributed by atoms with Crippen molar-refractivity contribution in [3.05, 3.63) is 28.8 Å². The number of ether oxygens (including phenoxy) is 1. The number of rotatable bonds is 3. The van der Waals surface area contributed by atoms with Crippen molar-refractivity contribution >= 4 is 0 Å². The van der Waals surface area contributed by atoms with Crippen LogP contribution in [0.2, 0.25) is 0 Å². The number of phenols is 1. The van der Waals surface area contributed by atoms with Crippen LogP contribution in [-0.2, 0) is 11.2 Å². The first-order valence-electron chi connectivity index (χ1n) is 8.95. The summed E-state index contributed by atoms with van der Waals surface area (Å²) >= 11 is 0. The van der Waals surface area contributed by atoms with E-state index in [2.05, 4.69) is 24.8 Å². The zero-order valence-corrected chi connectivity index (χ0v) is 14.6. The largest absolute Gasteiger partial charge is 0.507 e. The molecule has 0 amide bonds. The third-order valence-corrected chi connectivity index (χ3v) is 5.51. The van der Waals surface area contributed by atoms with Gasteiger partial charge in [-0.3, -0.25) is 4.90 Å². The maximum absolute atomic E-state index is 10.5. The van der Waals surface area contributed by atoms with Crippen LogP contribution in [0.5, 0.6) is 5.75 Å². The molecular weight excluding hydrogens is 288 g/mol. The Morgan fingerprint density at radius 2 is 2.13 bits per heavy atom. The molecule has 3 N–H and O–H groups in total. The second-order valence-corrected chi connectivity index (χ2v) is 7.30. The topological polar surface area (TPSA) is 58.7 Å². The highest BCUT2D eigenvalue weighted by atomic mass is 16.5. The van der Waals surface area contributed by atoms with Crippen molar-refractivity contribution in [2.45, 2.75) is 70.7 Å². The molecule has 2 aliphatic rings. The van der Waals surface area contributed by atoms with Crippen molar-refractivity contribution < 1.29 is 9.84 Å². The van der Waals surface area contributed by atoms with Crippen LogP contribution in [0.15, 0.2) is 12.1 Å². The molecule has 0 spiro atoms. The number of piperidine rings is 1. The summed E-state index contributed by atoms with van der Waals surface area (Å²) in [6.07, 6.45) is 4.49. The molecule has 4 heteroatoms. The molecule has 3 atom stereocenters. The van der Waals surface area contributed by atoms with Crippen LogP contribution in [0.1, 0.15) is 55.9 Å². The molecule has 0 aromatic heterocycles. The van der Waals surface area contributed by atoms with Gasteiger partial charge in [0.1, 0.15) is 5.75 Å². The van der Waals surface area contributed by atoms with Crippen LogP contribution in [0, 0.1) is 6.92 Å². The zero-order chi connectivity index (χ0) is 16.6. The van der Waals surface area contributed by atoms with Crippen LogP contribution in [0.4, 0.5) is 0 Å². The van der Waals surface area contributed by atoms with Gasteiger partial charge in [0.15, 0.2) is 0 Å². The van der Waals surface area contributed by atoms with E-state index in [-0.39, 0.29) is 12.2 Å². The fourth-order valence-corrected chi connectivity index (χ4v) is 4.25. The Hall–Kier alpha value is -1.10. The third kappa shape index (κ3) is 3.12. The summed E-state index contributed by atoms with van der Waals surface area (Å²) in [5.41, 5.74) is 9.02. The summed E-state index contributed by atoms with van der Waals surface area (Å²) in [6.45, 7) is 8.08. The van der Waals surface area contributed by atoms with E-state index in [0.717, 1.165) is 29.7 Å². The number of aromatic hydroxyl groups is 1. The minimum Gasteiger partial charge on any atom is -0.507 e. The molecule has 1 saturated heterocycles. The Balaban J connectivity index is 1.91. The van der Waals surface area contributed by atoms with Gasteiger partial charge in [0, 0.05) is 30.6 Å². The van der Waals surface area contributed by atoms with Crippen molar-refractivity contribution in [3.63, 3.8) is 0 Å². The van der Waals surface area contributed by atoms with Gasteiger partial charge in [-0.15, -0.1) is 0 Å². The van der Waals surface area contributed by atoms with Crippen molar-refractivity contribution in [1.82, 2.24) is 4.90 Å². The van der Waals surface area contributed by atoms with Crippen molar-refractivity contribution in [2.75, 3.05) is 13.1 Å². The molecule has 1 unspecified atom stereocenters. The molecule has 0 bridgehead atoms. The fourth-order valence-electron chi connectivity index (χ4n) is 4.25. The Kier molecular flexibility index (Phi) is 4.95. The van der Waals surface area contributed by atoms with Gasteiger partial charge in [-0.1, -0.05) is 18.6 Å². The number of likely N-dealkylation sites (tertiary alicyclic amines) is 1. The molecule has 1 aromatic rings. The minimum absolute atomic E-state index is 0.105. The van der Waals surface area contributed by atoms with E-state index in [1.54, 1.807) is 0 Å². The Labute approximate surface area is 139 Å². The van der Waals surface area contributed by atoms with E-state index in [0.29, 0.717) is 24.4 Å². The molecule has 0 aliphatic carbocycles. The van der Waals surface area contributed by atoms with E-state index in [4.69, 9.17) is 10.5 Å². The van der Waals surface area contributed by atoms with Crippen molar-refractivity contribution in [1.29, 1.82) is 0 Å². The smallest absolute Gasteiger partial charge is 0.122 e. The van der Waals surface area contributed by atoms with Crippen LogP contribution in [0.25, 0.3) is 0 Å². The first-order valence-corrected chi connectivity index (χ1v) is 8.95. The lowest BCUT2D eigenvalue weighted by Crippen LogP contribution is -2.52. The Morgan fingerprint density at radius 1 is 1.35 bits per heavy atom. The molecule has 3 rings (SSSR count). The number of fused-ring (bicyclic) bond motifs is 1. The van der Waals surface area contributed by atoms with Crippen molar-refractivity contribution in [3.8, 4) is 5.75 Å². The molecule has 23 heavy (non-hydrogen) atoms. The van der Waals surface area contributed by atoms with E-state index in [9.17, 15) is 5.11 Å². The minimum atomic E-state index is -0.105. The maximum Gasteiger partial charge on any atom is 0.122 e. The number of hydrogen-bond donors (Lipinski definition) is 2. The molecule has 1 aromatic carbocycles. The van der Waals surface area contributed by atoms with E-state index in [1.807, 2.05) is 13.0 Å². The van der Waals surface area contributed by atoms with Gasteiger partial charge in [0.2, 0.25) is 0 Å². The maximum atomic E-state index is 10.5. The summed E-state index contributed by atoms with van der Waals surface area (Å²) in [6, 6.07) is 4.97. The highest BCUT2D eigenvalue weighted by molar-refractivity contribution is 5.47. The molecule has 2 heterocycles. The third-order valence-electron chi connectivity index (χ3n) is 5.51. The van der Waals surface area contributed by atoms with E-state index < -0.39 is 0 Å². The second kappa shape index (κ2) is 6.80. The predicted molar refractivity (Wildman–Crippen MR) is 92.7 cm³/mol. The molecule has 0 radical (unpaired) electrons. The average Bonchev–Trinajstić information content (AvgIpc) is 2.57. The number of benzene rings is 1. The fraction of sp³-hybridized carbons (Fsp3) is 0.684. The number of nitrogens with two attached hydrogens (primary N) is 1. The molecule has 4 nitrogen and oxygen atoms in total. The highest BCUT2D eigenvalue weighted by Crippen LogP contribution is 2.39. The van der Waals surface area contributed by atoms with Crippen molar-refractivity contribution in [2.24, 2.45) is 5.73 Å². The zero-order valence-electron chi connectivity index (χ0n) is 14.6. The van der Waals surface area contributed by atoms with Gasteiger partial charge in [0.25, 0.3) is 0 Å². The van der Waals surface area contributed by atoms with Crippen LogP contribution in [-0.4, -0.2) is 41.3 Å². The summed E-state index contributed by atoms with van der Waals surface area (Å²) in [4.78, 5) is 2.57. The lowest BCUT2D eigenvalue weighted by atomic mass is 9.86. The van der Waals surface area contributed by atoms with Crippen LogP contribution in [0.3, 0.4) is 0 Å². The van der Waals surface area contributed by atoms with Crippen LogP contribution < -0.4 is 5.73 Å².